The Morgan fingerprint density at radius 1 is 1.20 bits per heavy atom. The number of carbonyl (C=O) groups excluding carboxylic acids is 1. The maximum absolute atomic E-state index is 10.7. The van der Waals surface area contributed by atoms with Gasteiger partial charge in [0, 0.05) is 6.20 Å². The fourth-order valence-corrected chi connectivity index (χ4v) is 1.32. The van der Waals surface area contributed by atoms with E-state index in [0.717, 1.165) is 12.0 Å². The predicted molar refractivity (Wildman–Crippen MR) is 57.0 cm³/mol. The Kier molecular flexibility index (Phi) is 2.83. The van der Waals surface area contributed by atoms with Crippen LogP contribution in [0.2, 0.25) is 0 Å². The van der Waals surface area contributed by atoms with Gasteiger partial charge in [0.15, 0.2) is 6.29 Å². The van der Waals surface area contributed by atoms with E-state index in [4.69, 9.17) is 4.74 Å². The van der Waals surface area contributed by atoms with Crippen molar-refractivity contribution in [3.63, 3.8) is 0 Å². The van der Waals surface area contributed by atoms with Gasteiger partial charge in [0.25, 0.3) is 0 Å². The van der Waals surface area contributed by atoms with Crippen molar-refractivity contribution in [2.75, 3.05) is 0 Å². The van der Waals surface area contributed by atoms with E-state index in [0.29, 0.717) is 17.9 Å². The molecule has 15 heavy (non-hydrogen) atoms. The van der Waals surface area contributed by atoms with Crippen molar-refractivity contribution in [1.29, 1.82) is 0 Å². The Morgan fingerprint density at radius 3 is 2.80 bits per heavy atom. The topological polar surface area (TPSA) is 42.1 Å². The van der Waals surface area contributed by atoms with Crippen molar-refractivity contribution in [2.45, 2.75) is 6.61 Å². The number of hydrogen-bond donors (Lipinski definition) is 1. The average molecular weight is 201 g/mol. The van der Waals surface area contributed by atoms with Crippen LogP contribution in [0.3, 0.4) is 0 Å². The lowest BCUT2D eigenvalue weighted by atomic mass is 10.2. The molecule has 0 radical (unpaired) electrons. The highest BCUT2D eigenvalue weighted by molar-refractivity contribution is 5.79. The highest BCUT2D eigenvalue weighted by Crippen LogP contribution is 2.16. The zero-order chi connectivity index (χ0) is 10.5. The molecule has 0 aliphatic rings. The minimum absolute atomic E-state index is 0.442. The molecular formula is C12H11NO2. The number of carbonyl (C=O) groups is 1. The van der Waals surface area contributed by atoms with E-state index >= 15 is 0 Å². The van der Waals surface area contributed by atoms with Crippen molar-refractivity contribution in [3.05, 3.63) is 53.9 Å². The van der Waals surface area contributed by atoms with Gasteiger partial charge in [-0.15, -0.1) is 0 Å². The van der Waals surface area contributed by atoms with Gasteiger partial charge >= 0.3 is 0 Å². The van der Waals surface area contributed by atoms with Crippen LogP contribution in [-0.4, -0.2) is 11.3 Å². The Balaban J connectivity index is 2.07. The third kappa shape index (κ3) is 2.26. The standard InChI is InChI=1S/C12H11NO2/c14-8-10-4-1-2-6-12(10)15-9-11-5-3-7-13-11/h1-8,13H,9H2. The van der Waals surface area contributed by atoms with E-state index in [2.05, 4.69) is 4.98 Å². The molecule has 0 spiro atoms. The Morgan fingerprint density at radius 2 is 2.07 bits per heavy atom. The van der Waals surface area contributed by atoms with E-state index in [1.54, 1.807) is 12.1 Å². The molecule has 1 aromatic carbocycles. The van der Waals surface area contributed by atoms with Gasteiger partial charge in [0.2, 0.25) is 0 Å². The molecule has 1 aromatic heterocycles. The van der Waals surface area contributed by atoms with Crippen LogP contribution in [0.25, 0.3) is 0 Å². The molecule has 0 fully saturated rings. The molecule has 1 N–H and O–H groups in total. The molecule has 1 heterocycles. The van der Waals surface area contributed by atoms with Gasteiger partial charge < -0.3 is 9.72 Å². The number of ether oxygens (including phenoxy) is 1. The third-order valence-electron chi connectivity index (χ3n) is 2.09. The van der Waals surface area contributed by atoms with Crippen molar-refractivity contribution >= 4 is 6.29 Å². The number of hydrogen-bond acceptors (Lipinski definition) is 2. The molecule has 3 nitrogen and oxygen atoms in total. The maximum atomic E-state index is 10.7. The van der Waals surface area contributed by atoms with Gasteiger partial charge in [-0.2, -0.15) is 0 Å². The lowest BCUT2D eigenvalue weighted by Crippen LogP contribution is -1.97. The van der Waals surface area contributed by atoms with Gasteiger partial charge in [0.1, 0.15) is 12.4 Å². The average Bonchev–Trinajstić information content (AvgIpc) is 2.79. The van der Waals surface area contributed by atoms with E-state index < -0.39 is 0 Å². The zero-order valence-corrected chi connectivity index (χ0v) is 8.14. The molecule has 0 amide bonds. The van der Waals surface area contributed by atoms with Gasteiger partial charge in [0.05, 0.1) is 11.3 Å². The number of para-hydroxylation sites is 1. The molecule has 0 aliphatic carbocycles. The fourth-order valence-electron chi connectivity index (χ4n) is 1.32. The second-order valence-corrected chi connectivity index (χ2v) is 3.14. The Hall–Kier alpha value is -2.03. The van der Waals surface area contributed by atoms with Crippen molar-refractivity contribution in [1.82, 2.24) is 4.98 Å². The van der Waals surface area contributed by atoms with E-state index in [1.807, 2.05) is 30.5 Å². The second kappa shape index (κ2) is 4.46. The van der Waals surface area contributed by atoms with Crippen LogP contribution >= 0.6 is 0 Å². The number of H-pyrrole nitrogens is 1. The highest BCUT2D eigenvalue weighted by atomic mass is 16.5. The molecule has 3 heteroatoms. The summed E-state index contributed by atoms with van der Waals surface area (Å²) in [5.41, 5.74) is 1.56. The van der Waals surface area contributed by atoms with E-state index in [9.17, 15) is 4.79 Å². The second-order valence-electron chi connectivity index (χ2n) is 3.14. The van der Waals surface area contributed by atoms with Gasteiger partial charge in [-0.1, -0.05) is 12.1 Å². The minimum Gasteiger partial charge on any atom is -0.487 e. The van der Waals surface area contributed by atoms with Crippen molar-refractivity contribution in [2.24, 2.45) is 0 Å². The number of aromatic amines is 1. The molecule has 0 saturated carbocycles. The summed E-state index contributed by atoms with van der Waals surface area (Å²) in [7, 11) is 0. The first kappa shape index (κ1) is 9.52. The van der Waals surface area contributed by atoms with Crippen LogP contribution in [0, 0.1) is 0 Å². The third-order valence-corrected chi connectivity index (χ3v) is 2.09. The summed E-state index contributed by atoms with van der Waals surface area (Å²) in [5, 5.41) is 0. The lowest BCUT2D eigenvalue weighted by Gasteiger charge is -2.06. The summed E-state index contributed by atoms with van der Waals surface area (Å²) in [6.45, 7) is 0.442. The first-order valence-electron chi connectivity index (χ1n) is 4.69. The van der Waals surface area contributed by atoms with Crippen LogP contribution in [-0.2, 0) is 6.61 Å². The monoisotopic (exact) mass is 201 g/mol. The van der Waals surface area contributed by atoms with Crippen LogP contribution < -0.4 is 4.74 Å². The van der Waals surface area contributed by atoms with E-state index in [1.165, 1.54) is 0 Å². The smallest absolute Gasteiger partial charge is 0.153 e. The first-order valence-corrected chi connectivity index (χ1v) is 4.69. The van der Waals surface area contributed by atoms with Crippen LogP contribution in [0.4, 0.5) is 0 Å². The summed E-state index contributed by atoms with van der Waals surface area (Å²) < 4.78 is 5.51. The predicted octanol–water partition coefficient (Wildman–Crippen LogP) is 2.41. The van der Waals surface area contributed by atoms with Crippen molar-refractivity contribution < 1.29 is 9.53 Å². The summed E-state index contributed by atoms with van der Waals surface area (Å²) in [6, 6.07) is 11.0. The fraction of sp³-hybridized carbons (Fsp3) is 0.0833. The van der Waals surface area contributed by atoms with Crippen LogP contribution in [0.5, 0.6) is 5.75 Å². The Labute approximate surface area is 87.7 Å². The maximum Gasteiger partial charge on any atom is 0.153 e. The van der Waals surface area contributed by atoms with Crippen molar-refractivity contribution in [3.8, 4) is 5.75 Å². The van der Waals surface area contributed by atoms with Crippen LogP contribution in [0.15, 0.2) is 42.6 Å². The van der Waals surface area contributed by atoms with Crippen LogP contribution in [0.1, 0.15) is 16.1 Å². The molecule has 0 atom stereocenters. The molecule has 2 aromatic rings. The van der Waals surface area contributed by atoms with Gasteiger partial charge in [-0.3, -0.25) is 4.79 Å². The molecule has 0 aliphatic heterocycles. The summed E-state index contributed by atoms with van der Waals surface area (Å²) in [4.78, 5) is 13.7. The number of benzene rings is 1. The summed E-state index contributed by atoms with van der Waals surface area (Å²) >= 11 is 0. The van der Waals surface area contributed by atoms with E-state index in [-0.39, 0.29) is 0 Å². The zero-order valence-electron chi connectivity index (χ0n) is 8.14. The molecule has 2 rings (SSSR count). The van der Waals surface area contributed by atoms with Gasteiger partial charge in [-0.25, -0.2) is 0 Å². The SMILES string of the molecule is O=Cc1ccccc1OCc1ccc[nH]1. The highest BCUT2D eigenvalue weighted by Gasteiger charge is 2.01. The number of nitrogens with one attached hydrogen (secondary N) is 1. The quantitative estimate of drug-likeness (QED) is 0.772. The molecule has 76 valence electrons. The normalized spacial score (nSPS) is 9.87. The lowest BCUT2D eigenvalue weighted by molar-refractivity contribution is 0.111. The molecule has 0 bridgehead atoms. The number of aldehydes is 1. The van der Waals surface area contributed by atoms with Gasteiger partial charge in [-0.05, 0) is 24.3 Å². The summed E-state index contributed by atoms with van der Waals surface area (Å²) in [6.07, 6.45) is 2.63. The molecule has 0 unspecified atom stereocenters. The first-order chi connectivity index (χ1) is 7.40. The molecule has 0 saturated heterocycles. The number of aromatic nitrogens is 1. The molecular weight excluding hydrogens is 190 g/mol. The summed E-state index contributed by atoms with van der Waals surface area (Å²) in [5.74, 6) is 0.613. The largest absolute Gasteiger partial charge is 0.487 e. The Bertz CT molecular complexity index is 435. The minimum atomic E-state index is 0.442. The number of rotatable bonds is 4.